The maximum atomic E-state index is 12.9. The number of nitrogens with zero attached hydrogens (tertiary/aromatic N) is 1. The standard InChI is InChI=1S/C20H24N2O4S/c1-15-12-16(2)14-22(13-15)27(24,25)19-8-5-17(6-9-19)21-20(23)10-7-18-4-3-11-26-18/h3-11,15-16H,12-14H2,1-2H3,(H,21,23)/b10-7+/t15-,16-/m0/s1. The molecule has 2 aromatic rings. The third-order valence-electron chi connectivity index (χ3n) is 4.54. The lowest BCUT2D eigenvalue weighted by molar-refractivity contribution is -0.111. The Morgan fingerprint density at radius 1 is 1.15 bits per heavy atom. The lowest BCUT2D eigenvalue weighted by Crippen LogP contribution is -2.42. The normalized spacial score (nSPS) is 21.4. The average molecular weight is 388 g/mol. The summed E-state index contributed by atoms with van der Waals surface area (Å²) in [6, 6.07) is 9.74. The van der Waals surface area contributed by atoms with Gasteiger partial charge in [0.05, 0.1) is 11.2 Å². The summed E-state index contributed by atoms with van der Waals surface area (Å²) in [6.07, 6.45) is 5.50. The van der Waals surface area contributed by atoms with Crippen molar-refractivity contribution in [1.29, 1.82) is 0 Å². The number of benzene rings is 1. The van der Waals surface area contributed by atoms with Crippen LogP contribution in [-0.2, 0) is 14.8 Å². The molecular formula is C20H24N2O4S. The van der Waals surface area contributed by atoms with Crippen LogP contribution < -0.4 is 5.32 Å². The molecule has 2 heterocycles. The van der Waals surface area contributed by atoms with Crippen LogP contribution in [0.15, 0.2) is 58.1 Å². The van der Waals surface area contributed by atoms with Gasteiger partial charge in [-0.3, -0.25) is 4.79 Å². The Morgan fingerprint density at radius 2 is 1.81 bits per heavy atom. The summed E-state index contributed by atoms with van der Waals surface area (Å²) in [6.45, 7) is 5.24. The Hall–Kier alpha value is -2.38. The minimum atomic E-state index is -3.52. The molecule has 0 aliphatic carbocycles. The molecule has 1 fully saturated rings. The smallest absolute Gasteiger partial charge is 0.248 e. The lowest BCUT2D eigenvalue weighted by Gasteiger charge is -2.34. The average Bonchev–Trinajstić information content (AvgIpc) is 3.13. The SMILES string of the molecule is C[C@H]1C[C@H](C)CN(S(=O)(=O)c2ccc(NC(=O)/C=C/c3ccco3)cc2)C1. The van der Waals surface area contributed by atoms with Crippen molar-refractivity contribution in [3.05, 3.63) is 54.5 Å². The van der Waals surface area contributed by atoms with Gasteiger partial charge in [-0.2, -0.15) is 4.31 Å². The summed E-state index contributed by atoms with van der Waals surface area (Å²) in [7, 11) is -3.52. The van der Waals surface area contributed by atoms with Crippen molar-refractivity contribution >= 4 is 27.7 Å². The first kappa shape index (κ1) is 19.4. The van der Waals surface area contributed by atoms with Crippen LogP contribution in [0.1, 0.15) is 26.0 Å². The molecule has 144 valence electrons. The molecule has 1 aromatic heterocycles. The molecule has 1 amide bonds. The molecule has 0 saturated carbocycles. The van der Waals surface area contributed by atoms with Crippen LogP contribution >= 0.6 is 0 Å². The van der Waals surface area contributed by atoms with E-state index in [1.54, 1.807) is 34.6 Å². The molecule has 1 aromatic carbocycles. The molecule has 1 saturated heterocycles. The van der Waals surface area contributed by atoms with E-state index in [2.05, 4.69) is 19.2 Å². The Labute approximate surface area is 159 Å². The van der Waals surface area contributed by atoms with Gasteiger partial charge in [0.25, 0.3) is 0 Å². The summed E-state index contributed by atoms with van der Waals surface area (Å²) in [5.74, 6) is 0.961. The molecule has 6 nitrogen and oxygen atoms in total. The number of piperidine rings is 1. The van der Waals surface area contributed by atoms with Crippen molar-refractivity contribution < 1.29 is 17.6 Å². The molecule has 1 aliphatic heterocycles. The fraction of sp³-hybridized carbons (Fsp3) is 0.350. The molecule has 0 spiro atoms. The molecule has 27 heavy (non-hydrogen) atoms. The number of amides is 1. The van der Waals surface area contributed by atoms with E-state index in [4.69, 9.17) is 4.42 Å². The zero-order valence-electron chi connectivity index (χ0n) is 15.5. The van der Waals surface area contributed by atoms with Gasteiger partial charge in [-0.05, 0) is 60.7 Å². The van der Waals surface area contributed by atoms with Crippen LogP contribution in [0.25, 0.3) is 6.08 Å². The van der Waals surface area contributed by atoms with E-state index in [9.17, 15) is 13.2 Å². The molecule has 7 heteroatoms. The number of sulfonamides is 1. The van der Waals surface area contributed by atoms with Crippen molar-refractivity contribution in [3.63, 3.8) is 0 Å². The predicted molar refractivity (Wildman–Crippen MR) is 105 cm³/mol. The minimum Gasteiger partial charge on any atom is -0.465 e. The van der Waals surface area contributed by atoms with Gasteiger partial charge >= 0.3 is 0 Å². The van der Waals surface area contributed by atoms with Crippen molar-refractivity contribution in [3.8, 4) is 0 Å². The second kappa shape index (κ2) is 8.10. The van der Waals surface area contributed by atoms with E-state index >= 15 is 0 Å². The van der Waals surface area contributed by atoms with Crippen molar-refractivity contribution in [2.45, 2.75) is 25.2 Å². The van der Waals surface area contributed by atoms with Crippen LogP contribution in [0, 0.1) is 11.8 Å². The van der Waals surface area contributed by atoms with Gasteiger partial charge in [0.1, 0.15) is 5.76 Å². The summed E-state index contributed by atoms with van der Waals surface area (Å²) < 4.78 is 32.4. The third-order valence-corrected chi connectivity index (χ3v) is 6.38. The van der Waals surface area contributed by atoms with Crippen molar-refractivity contribution in [1.82, 2.24) is 4.31 Å². The van der Waals surface area contributed by atoms with Gasteiger partial charge in [-0.25, -0.2) is 8.42 Å². The zero-order chi connectivity index (χ0) is 19.4. The van der Waals surface area contributed by atoms with Gasteiger partial charge < -0.3 is 9.73 Å². The van der Waals surface area contributed by atoms with E-state index in [1.807, 2.05) is 0 Å². The van der Waals surface area contributed by atoms with Crippen molar-refractivity contribution in [2.75, 3.05) is 18.4 Å². The Bertz CT molecular complexity index is 892. The second-order valence-corrected chi connectivity index (χ2v) is 9.07. The fourth-order valence-electron chi connectivity index (χ4n) is 3.39. The third kappa shape index (κ3) is 4.87. The maximum absolute atomic E-state index is 12.9. The first-order valence-corrected chi connectivity index (χ1v) is 10.4. The largest absolute Gasteiger partial charge is 0.465 e. The highest BCUT2D eigenvalue weighted by molar-refractivity contribution is 7.89. The zero-order valence-corrected chi connectivity index (χ0v) is 16.3. The van der Waals surface area contributed by atoms with E-state index in [1.165, 1.54) is 24.5 Å². The molecule has 2 atom stereocenters. The summed E-state index contributed by atoms with van der Waals surface area (Å²) in [4.78, 5) is 12.2. The van der Waals surface area contributed by atoms with Crippen LogP contribution in [0.4, 0.5) is 5.69 Å². The highest BCUT2D eigenvalue weighted by Crippen LogP contribution is 2.27. The van der Waals surface area contributed by atoms with Crippen LogP contribution in [-0.4, -0.2) is 31.7 Å². The van der Waals surface area contributed by atoms with Crippen LogP contribution in [0.3, 0.4) is 0 Å². The molecular weight excluding hydrogens is 364 g/mol. The predicted octanol–water partition coefficient (Wildman–Crippen LogP) is 3.60. The lowest BCUT2D eigenvalue weighted by atomic mass is 9.94. The molecule has 0 unspecified atom stereocenters. The molecule has 1 N–H and O–H groups in total. The Balaban J connectivity index is 1.66. The minimum absolute atomic E-state index is 0.243. The topological polar surface area (TPSA) is 79.6 Å². The van der Waals surface area contributed by atoms with Crippen molar-refractivity contribution in [2.24, 2.45) is 11.8 Å². The monoisotopic (exact) mass is 388 g/mol. The first-order valence-electron chi connectivity index (χ1n) is 8.97. The highest BCUT2D eigenvalue weighted by atomic mass is 32.2. The Kier molecular flexibility index (Phi) is 5.82. The van der Waals surface area contributed by atoms with Crippen LogP contribution in [0.5, 0.6) is 0 Å². The molecule has 0 bridgehead atoms. The van der Waals surface area contributed by atoms with Gasteiger partial charge in [0, 0.05) is 24.9 Å². The van der Waals surface area contributed by atoms with E-state index < -0.39 is 10.0 Å². The van der Waals surface area contributed by atoms with Gasteiger partial charge in [-0.1, -0.05) is 13.8 Å². The molecule has 0 radical (unpaired) electrons. The Morgan fingerprint density at radius 3 is 2.41 bits per heavy atom. The number of furan rings is 1. The highest BCUT2D eigenvalue weighted by Gasteiger charge is 2.31. The number of anilines is 1. The fourth-order valence-corrected chi connectivity index (χ4v) is 5.07. The summed E-state index contributed by atoms with van der Waals surface area (Å²) in [5.41, 5.74) is 0.531. The number of nitrogens with one attached hydrogen (secondary N) is 1. The quantitative estimate of drug-likeness (QED) is 0.794. The maximum Gasteiger partial charge on any atom is 0.248 e. The summed E-state index contributed by atoms with van der Waals surface area (Å²) in [5, 5.41) is 2.70. The first-order chi connectivity index (χ1) is 12.8. The van der Waals surface area contributed by atoms with Gasteiger partial charge in [0.2, 0.25) is 15.9 Å². The van der Waals surface area contributed by atoms with Gasteiger partial charge in [0.15, 0.2) is 0 Å². The molecule has 1 aliphatic rings. The number of hydrogen-bond donors (Lipinski definition) is 1. The van der Waals surface area contributed by atoms with E-state index in [0.29, 0.717) is 36.4 Å². The van der Waals surface area contributed by atoms with Gasteiger partial charge in [-0.15, -0.1) is 0 Å². The number of carbonyl (C=O) groups excluding carboxylic acids is 1. The summed E-state index contributed by atoms with van der Waals surface area (Å²) >= 11 is 0. The molecule has 3 rings (SSSR count). The number of hydrogen-bond acceptors (Lipinski definition) is 4. The number of rotatable bonds is 5. The van der Waals surface area contributed by atoms with E-state index in [0.717, 1.165) is 6.42 Å². The number of carbonyl (C=O) groups is 1. The second-order valence-electron chi connectivity index (χ2n) is 7.13. The van der Waals surface area contributed by atoms with Crippen LogP contribution in [0.2, 0.25) is 0 Å². The van der Waals surface area contributed by atoms with E-state index in [-0.39, 0.29) is 10.8 Å².